The summed E-state index contributed by atoms with van der Waals surface area (Å²) in [5.41, 5.74) is 4.20. The fourth-order valence-electron chi connectivity index (χ4n) is 4.39. The molecule has 1 aliphatic heterocycles. The maximum Gasteiger partial charge on any atom is 0.273 e. The van der Waals surface area contributed by atoms with Gasteiger partial charge >= 0.3 is 0 Å². The van der Waals surface area contributed by atoms with Crippen LogP contribution in [0.3, 0.4) is 0 Å². The molecule has 1 aliphatic rings. The van der Waals surface area contributed by atoms with Crippen molar-refractivity contribution in [1.82, 2.24) is 15.1 Å². The number of aromatic nitrogens is 2. The number of aromatic hydroxyl groups is 2. The Morgan fingerprint density at radius 1 is 1.12 bits per heavy atom. The summed E-state index contributed by atoms with van der Waals surface area (Å²) in [5.74, 6) is 0.612. The summed E-state index contributed by atoms with van der Waals surface area (Å²) in [6.07, 6.45) is 0. The molecule has 34 heavy (non-hydrogen) atoms. The fraction of sp³-hybridized carbons (Fsp3) is 0.154. The van der Waals surface area contributed by atoms with Gasteiger partial charge in [-0.05, 0) is 60.0 Å². The normalized spacial score (nSPS) is 15.0. The minimum atomic E-state index is -0.537. The first kappa shape index (κ1) is 21.9. The Morgan fingerprint density at radius 2 is 1.88 bits per heavy atom. The zero-order chi connectivity index (χ0) is 24.0. The molecule has 172 valence electrons. The third-order valence-electron chi connectivity index (χ3n) is 6.09. The lowest BCUT2D eigenvalue weighted by Gasteiger charge is -2.27. The van der Waals surface area contributed by atoms with E-state index in [1.807, 2.05) is 30.3 Å². The van der Waals surface area contributed by atoms with Gasteiger partial charge in [0.2, 0.25) is 0 Å². The second-order valence-electron chi connectivity index (χ2n) is 8.26. The number of nitrogens with one attached hydrogen (secondary N) is 1. The molecular formula is C26H22ClN3O4. The molecule has 1 aromatic heterocycles. The second-order valence-corrected chi connectivity index (χ2v) is 8.67. The van der Waals surface area contributed by atoms with Gasteiger partial charge in [0.15, 0.2) is 0 Å². The number of carbonyl (C=O) groups excluding carboxylic acids is 1. The summed E-state index contributed by atoms with van der Waals surface area (Å²) < 4.78 is 5.24. The van der Waals surface area contributed by atoms with Gasteiger partial charge in [-0.2, -0.15) is 5.10 Å². The molecule has 0 radical (unpaired) electrons. The van der Waals surface area contributed by atoms with E-state index in [2.05, 4.69) is 10.2 Å². The number of aromatic amines is 1. The van der Waals surface area contributed by atoms with Crippen molar-refractivity contribution >= 4 is 17.5 Å². The van der Waals surface area contributed by atoms with Crippen molar-refractivity contribution in [1.29, 1.82) is 0 Å². The predicted molar refractivity (Wildman–Crippen MR) is 128 cm³/mol. The minimum Gasteiger partial charge on any atom is -0.508 e. The van der Waals surface area contributed by atoms with Crippen LogP contribution in [0.4, 0.5) is 0 Å². The molecule has 8 heteroatoms. The highest BCUT2D eigenvalue weighted by Gasteiger charge is 2.42. The molecule has 5 rings (SSSR count). The number of hydrogen-bond acceptors (Lipinski definition) is 5. The van der Waals surface area contributed by atoms with E-state index in [1.165, 1.54) is 0 Å². The number of hydrogen-bond donors (Lipinski definition) is 3. The highest BCUT2D eigenvalue weighted by Crippen LogP contribution is 2.46. The molecule has 2 heterocycles. The monoisotopic (exact) mass is 475 g/mol. The standard InChI is InChI=1S/C26H22ClN3O4/c1-14-10-21(32)19(12-20(14)27)23-22-24(29-28-23)26(33)30(13-15-6-8-18(34-2)9-7-15)25(22)16-4-3-5-17(31)11-16/h3-12,25,31-32H,13H2,1-2H3,(H,28,29)/t25-/m0/s1. The lowest BCUT2D eigenvalue weighted by atomic mass is 9.95. The molecule has 3 aromatic carbocycles. The molecule has 7 nitrogen and oxygen atoms in total. The number of H-pyrrole nitrogens is 1. The highest BCUT2D eigenvalue weighted by atomic mass is 35.5. The molecule has 1 amide bonds. The molecule has 1 atom stereocenters. The van der Waals surface area contributed by atoms with E-state index in [0.717, 1.165) is 22.4 Å². The number of halogens is 1. The van der Waals surface area contributed by atoms with Crippen molar-refractivity contribution in [3.8, 4) is 28.5 Å². The van der Waals surface area contributed by atoms with Crippen LogP contribution in [0.25, 0.3) is 11.3 Å². The van der Waals surface area contributed by atoms with Gasteiger partial charge in [-0.1, -0.05) is 35.9 Å². The van der Waals surface area contributed by atoms with Crippen LogP contribution in [0, 0.1) is 6.92 Å². The third-order valence-corrected chi connectivity index (χ3v) is 6.50. The van der Waals surface area contributed by atoms with Crippen LogP contribution in [0.15, 0.2) is 60.7 Å². The second kappa shape index (κ2) is 8.43. The van der Waals surface area contributed by atoms with E-state index < -0.39 is 6.04 Å². The average Bonchev–Trinajstić information content (AvgIpc) is 3.36. The predicted octanol–water partition coefficient (Wildman–Crippen LogP) is 5.20. The van der Waals surface area contributed by atoms with Crippen LogP contribution < -0.4 is 4.74 Å². The number of phenolic OH excluding ortho intramolecular Hbond substituents is 2. The van der Waals surface area contributed by atoms with Crippen molar-refractivity contribution in [2.24, 2.45) is 0 Å². The Hall–Kier alpha value is -3.97. The first-order chi connectivity index (χ1) is 16.4. The molecule has 0 spiro atoms. The summed E-state index contributed by atoms with van der Waals surface area (Å²) in [6, 6.07) is 17.0. The van der Waals surface area contributed by atoms with E-state index >= 15 is 0 Å². The van der Waals surface area contributed by atoms with Gasteiger partial charge in [0.1, 0.15) is 28.6 Å². The number of methoxy groups -OCH3 is 1. The largest absolute Gasteiger partial charge is 0.508 e. The number of benzene rings is 3. The lowest BCUT2D eigenvalue weighted by molar-refractivity contribution is 0.0730. The molecule has 3 N–H and O–H groups in total. The SMILES string of the molecule is COc1ccc(CN2C(=O)c3[nH]nc(-c4cc(Cl)c(C)cc4O)c3[C@@H]2c2cccc(O)c2)cc1. The van der Waals surface area contributed by atoms with Gasteiger partial charge in [0.05, 0.1) is 13.2 Å². The molecule has 0 fully saturated rings. The van der Waals surface area contributed by atoms with Gasteiger partial charge in [-0.25, -0.2) is 0 Å². The Balaban J connectivity index is 1.65. The molecule has 0 unspecified atom stereocenters. The number of phenols is 2. The maximum absolute atomic E-state index is 13.5. The topological polar surface area (TPSA) is 98.7 Å². The Bertz CT molecular complexity index is 1400. The smallest absolute Gasteiger partial charge is 0.273 e. The van der Waals surface area contributed by atoms with E-state index in [-0.39, 0.29) is 17.4 Å². The lowest BCUT2D eigenvalue weighted by Crippen LogP contribution is -2.29. The van der Waals surface area contributed by atoms with Gasteiger partial charge in [-0.15, -0.1) is 0 Å². The maximum atomic E-state index is 13.5. The zero-order valence-electron chi connectivity index (χ0n) is 18.5. The molecule has 0 saturated carbocycles. The summed E-state index contributed by atoms with van der Waals surface area (Å²) in [6.45, 7) is 2.13. The Morgan fingerprint density at radius 3 is 2.59 bits per heavy atom. The summed E-state index contributed by atoms with van der Waals surface area (Å²) >= 11 is 6.35. The van der Waals surface area contributed by atoms with Crippen LogP contribution in [-0.4, -0.2) is 38.3 Å². The zero-order valence-corrected chi connectivity index (χ0v) is 19.3. The number of ether oxygens (including phenoxy) is 1. The Labute approximate surface area is 201 Å². The number of carbonyl (C=O) groups is 1. The van der Waals surface area contributed by atoms with E-state index in [9.17, 15) is 15.0 Å². The van der Waals surface area contributed by atoms with Crippen LogP contribution >= 0.6 is 11.6 Å². The van der Waals surface area contributed by atoms with Crippen LogP contribution in [0.2, 0.25) is 5.02 Å². The van der Waals surface area contributed by atoms with Gasteiger partial charge in [0.25, 0.3) is 5.91 Å². The number of rotatable bonds is 5. The quantitative estimate of drug-likeness (QED) is 0.368. The summed E-state index contributed by atoms with van der Waals surface area (Å²) in [7, 11) is 1.60. The summed E-state index contributed by atoms with van der Waals surface area (Å²) in [5, 5.41) is 28.6. The minimum absolute atomic E-state index is 0.0203. The third kappa shape index (κ3) is 3.64. The van der Waals surface area contributed by atoms with Crippen LogP contribution in [0.5, 0.6) is 17.2 Å². The molecular weight excluding hydrogens is 454 g/mol. The first-order valence-electron chi connectivity index (χ1n) is 10.7. The molecule has 0 saturated heterocycles. The molecule has 0 bridgehead atoms. The van der Waals surface area contributed by atoms with E-state index in [4.69, 9.17) is 16.3 Å². The number of aryl methyl sites for hydroxylation is 1. The molecule has 0 aliphatic carbocycles. The van der Waals surface area contributed by atoms with Crippen molar-refractivity contribution in [3.05, 3.63) is 93.6 Å². The van der Waals surface area contributed by atoms with Crippen molar-refractivity contribution in [3.63, 3.8) is 0 Å². The van der Waals surface area contributed by atoms with Crippen molar-refractivity contribution in [2.75, 3.05) is 7.11 Å². The number of nitrogens with zero attached hydrogens (tertiary/aromatic N) is 2. The number of amides is 1. The fourth-order valence-corrected chi connectivity index (χ4v) is 4.55. The first-order valence-corrected chi connectivity index (χ1v) is 11.1. The van der Waals surface area contributed by atoms with Crippen LogP contribution in [-0.2, 0) is 6.54 Å². The van der Waals surface area contributed by atoms with E-state index in [1.54, 1.807) is 49.3 Å². The summed E-state index contributed by atoms with van der Waals surface area (Å²) in [4.78, 5) is 15.2. The Kier molecular flexibility index (Phi) is 5.42. The number of fused-ring (bicyclic) bond motifs is 1. The van der Waals surface area contributed by atoms with Gasteiger partial charge in [0, 0.05) is 22.7 Å². The van der Waals surface area contributed by atoms with Crippen molar-refractivity contribution < 1.29 is 19.7 Å². The molecule has 4 aromatic rings. The van der Waals surface area contributed by atoms with E-state index in [0.29, 0.717) is 34.1 Å². The van der Waals surface area contributed by atoms with Crippen molar-refractivity contribution in [2.45, 2.75) is 19.5 Å². The van der Waals surface area contributed by atoms with Gasteiger partial charge < -0.3 is 19.8 Å². The van der Waals surface area contributed by atoms with Gasteiger partial charge in [-0.3, -0.25) is 9.89 Å². The van der Waals surface area contributed by atoms with Crippen LogP contribution in [0.1, 0.15) is 38.8 Å². The average molecular weight is 476 g/mol. The highest BCUT2D eigenvalue weighted by molar-refractivity contribution is 6.31.